The second kappa shape index (κ2) is 7.25. The standard InChI is InChI=1S/C20H22N2O4/c1-13-4-6-16(7-5-13)20(23)18-10-17(22(24)25)8-9-19(18)21-11-14(2)26-15(3)12-21/h4-10,14-15H,11-12H2,1-3H3/t14-,15-/m1/s1. The first kappa shape index (κ1) is 18.1. The molecule has 0 unspecified atom stereocenters. The molecule has 26 heavy (non-hydrogen) atoms. The molecule has 1 aliphatic rings. The Bertz CT molecular complexity index is 822. The van der Waals surface area contributed by atoms with Gasteiger partial charge >= 0.3 is 0 Å². The van der Waals surface area contributed by atoms with Crippen LogP contribution in [0.15, 0.2) is 42.5 Å². The maximum absolute atomic E-state index is 13.1. The Morgan fingerprint density at radius 2 is 1.73 bits per heavy atom. The number of rotatable bonds is 4. The number of anilines is 1. The number of nitrogens with zero attached hydrogens (tertiary/aromatic N) is 2. The monoisotopic (exact) mass is 354 g/mol. The van der Waals surface area contributed by atoms with Gasteiger partial charge in [0.2, 0.25) is 0 Å². The SMILES string of the molecule is Cc1ccc(C(=O)c2cc([N+](=O)[O-])ccc2N2C[C@@H](C)O[C@H](C)C2)cc1. The van der Waals surface area contributed by atoms with Crippen LogP contribution in [0, 0.1) is 17.0 Å². The average Bonchev–Trinajstić information content (AvgIpc) is 2.60. The van der Waals surface area contributed by atoms with Crippen molar-refractivity contribution in [2.45, 2.75) is 33.0 Å². The fraction of sp³-hybridized carbons (Fsp3) is 0.350. The summed E-state index contributed by atoms with van der Waals surface area (Å²) in [6.07, 6.45) is 0.0486. The summed E-state index contributed by atoms with van der Waals surface area (Å²) in [7, 11) is 0. The maximum Gasteiger partial charge on any atom is 0.270 e. The van der Waals surface area contributed by atoms with Gasteiger partial charge in [0.05, 0.1) is 22.7 Å². The van der Waals surface area contributed by atoms with Crippen molar-refractivity contribution in [3.05, 3.63) is 69.3 Å². The molecular weight excluding hydrogens is 332 g/mol. The molecule has 0 radical (unpaired) electrons. The van der Waals surface area contributed by atoms with Gasteiger partial charge in [-0.2, -0.15) is 0 Å². The first-order chi connectivity index (χ1) is 12.3. The number of carbonyl (C=O) groups excluding carboxylic acids is 1. The third kappa shape index (κ3) is 3.75. The molecule has 1 aliphatic heterocycles. The molecule has 0 amide bonds. The summed E-state index contributed by atoms with van der Waals surface area (Å²) < 4.78 is 5.76. The Balaban J connectivity index is 2.05. The van der Waals surface area contributed by atoms with Gasteiger partial charge in [0.25, 0.3) is 5.69 Å². The van der Waals surface area contributed by atoms with E-state index in [1.54, 1.807) is 18.2 Å². The Morgan fingerprint density at radius 3 is 2.31 bits per heavy atom. The highest BCUT2D eigenvalue weighted by Crippen LogP contribution is 2.30. The maximum atomic E-state index is 13.1. The lowest BCUT2D eigenvalue weighted by atomic mass is 9.99. The lowest BCUT2D eigenvalue weighted by Crippen LogP contribution is -2.46. The molecule has 0 aromatic heterocycles. The number of nitro groups is 1. The molecular formula is C20H22N2O4. The first-order valence-electron chi connectivity index (χ1n) is 8.65. The minimum atomic E-state index is -0.472. The number of hydrogen-bond donors (Lipinski definition) is 0. The van der Waals surface area contributed by atoms with Crippen LogP contribution in [0.5, 0.6) is 0 Å². The van der Waals surface area contributed by atoms with Crippen molar-refractivity contribution in [3.8, 4) is 0 Å². The van der Waals surface area contributed by atoms with Gasteiger partial charge < -0.3 is 9.64 Å². The molecule has 1 fully saturated rings. The van der Waals surface area contributed by atoms with Crippen LogP contribution in [0.1, 0.15) is 35.3 Å². The van der Waals surface area contributed by atoms with Crippen LogP contribution in [0.2, 0.25) is 0 Å². The Labute approximate surface area is 152 Å². The molecule has 6 nitrogen and oxygen atoms in total. The van der Waals surface area contributed by atoms with Gasteiger partial charge in [-0.3, -0.25) is 14.9 Å². The first-order valence-corrected chi connectivity index (χ1v) is 8.65. The number of nitro benzene ring substituents is 1. The molecule has 6 heteroatoms. The van der Waals surface area contributed by atoms with E-state index in [4.69, 9.17) is 4.74 Å². The molecule has 1 heterocycles. The van der Waals surface area contributed by atoms with E-state index in [2.05, 4.69) is 4.90 Å². The molecule has 2 aromatic rings. The zero-order valence-electron chi connectivity index (χ0n) is 15.1. The Hall–Kier alpha value is -2.73. The van der Waals surface area contributed by atoms with Crippen LogP contribution in [0.25, 0.3) is 0 Å². The van der Waals surface area contributed by atoms with Gasteiger partial charge in [-0.15, -0.1) is 0 Å². The Kier molecular flexibility index (Phi) is 5.04. The highest BCUT2D eigenvalue weighted by atomic mass is 16.6. The van der Waals surface area contributed by atoms with Crippen LogP contribution in [0.3, 0.4) is 0 Å². The number of ether oxygens (including phenoxy) is 1. The zero-order valence-corrected chi connectivity index (χ0v) is 15.1. The van der Waals surface area contributed by atoms with Gasteiger partial charge in [-0.25, -0.2) is 0 Å². The minimum Gasteiger partial charge on any atom is -0.372 e. The van der Waals surface area contributed by atoms with Gasteiger partial charge in [0, 0.05) is 36.5 Å². The molecule has 0 bridgehead atoms. The third-order valence-corrected chi connectivity index (χ3v) is 4.51. The quantitative estimate of drug-likeness (QED) is 0.475. The third-order valence-electron chi connectivity index (χ3n) is 4.51. The van der Waals surface area contributed by atoms with Crippen LogP contribution >= 0.6 is 0 Å². The van der Waals surface area contributed by atoms with Gasteiger partial charge in [0.1, 0.15) is 0 Å². The summed E-state index contributed by atoms with van der Waals surface area (Å²) in [5.74, 6) is -0.213. The van der Waals surface area contributed by atoms with Crippen molar-refractivity contribution in [1.82, 2.24) is 0 Å². The number of benzene rings is 2. The second-order valence-corrected chi connectivity index (χ2v) is 6.82. The number of aryl methyl sites for hydroxylation is 1. The highest BCUT2D eigenvalue weighted by molar-refractivity contribution is 6.12. The van der Waals surface area contributed by atoms with E-state index in [0.29, 0.717) is 29.9 Å². The summed E-state index contributed by atoms with van der Waals surface area (Å²) in [6.45, 7) is 7.18. The molecule has 2 atom stereocenters. The van der Waals surface area contributed by atoms with Crippen molar-refractivity contribution >= 4 is 17.2 Å². The van der Waals surface area contributed by atoms with Crippen molar-refractivity contribution < 1.29 is 14.5 Å². The summed E-state index contributed by atoms with van der Waals surface area (Å²) in [4.78, 5) is 25.9. The van der Waals surface area contributed by atoms with E-state index in [-0.39, 0.29) is 23.7 Å². The highest BCUT2D eigenvalue weighted by Gasteiger charge is 2.27. The van der Waals surface area contributed by atoms with Crippen LogP contribution in [-0.2, 0) is 4.74 Å². The van der Waals surface area contributed by atoms with E-state index in [0.717, 1.165) is 5.56 Å². The van der Waals surface area contributed by atoms with E-state index in [1.807, 2.05) is 32.9 Å². The van der Waals surface area contributed by atoms with E-state index in [9.17, 15) is 14.9 Å². The van der Waals surface area contributed by atoms with Crippen LogP contribution < -0.4 is 4.90 Å². The number of ketones is 1. The number of non-ortho nitro benzene ring substituents is 1. The van der Waals surface area contributed by atoms with E-state index in [1.165, 1.54) is 12.1 Å². The van der Waals surface area contributed by atoms with Crippen molar-refractivity contribution in [1.29, 1.82) is 0 Å². The number of carbonyl (C=O) groups is 1. The lowest BCUT2D eigenvalue weighted by molar-refractivity contribution is -0.384. The van der Waals surface area contributed by atoms with Crippen molar-refractivity contribution in [2.24, 2.45) is 0 Å². The fourth-order valence-corrected chi connectivity index (χ4v) is 3.33. The summed E-state index contributed by atoms with van der Waals surface area (Å²) in [5.41, 5.74) is 2.55. The lowest BCUT2D eigenvalue weighted by Gasteiger charge is -2.37. The summed E-state index contributed by atoms with van der Waals surface area (Å²) in [5, 5.41) is 11.2. The largest absolute Gasteiger partial charge is 0.372 e. The molecule has 1 saturated heterocycles. The van der Waals surface area contributed by atoms with E-state index >= 15 is 0 Å². The Morgan fingerprint density at radius 1 is 1.12 bits per heavy atom. The smallest absolute Gasteiger partial charge is 0.270 e. The molecule has 0 N–H and O–H groups in total. The molecule has 0 spiro atoms. The van der Waals surface area contributed by atoms with Crippen LogP contribution in [-0.4, -0.2) is 36.0 Å². The number of morpholine rings is 1. The van der Waals surface area contributed by atoms with E-state index < -0.39 is 4.92 Å². The number of hydrogen-bond acceptors (Lipinski definition) is 5. The predicted molar refractivity (Wildman–Crippen MR) is 99.9 cm³/mol. The summed E-state index contributed by atoms with van der Waals surface area (Å²) >= 11 is 0. The normalized spacial score (nSPS) is 20.0. The van der Waals surface area contributed by atoms with Gasteiger partial charge in [-0.1, -0.05) is 29.8 Å². The van der Waals surface area contributed by atoms with Gasteiger partial charge in [0.15, 0.2) is 5.78 Å². The van der Waals surface area contributed by atoms with Crippen molar-refractivity contribution in [3.63, 3.8) is 0 Å². The molecule has 3 rings (SSSR count). The van der Waals surface area contributed by atoms with Crippen molar-refractivity contribution in [2.75, 3.05) is 18.0 Å². The molecule has 136 valence electrons. The molecule has 2 aromatic carbocycles. The van der Waals surface area contributed by atoms with Crippen LogP contribution in [0.4, 0.5) is 11.4 Å². The average molecular weight is 354 g/mol. The summed E-state index contributed by atoms with van der Waals surface area (Å²) in [6, 6.07) is 11.7. The second-order valence-electron chi connectivity index (χ2n) is 6.82. The van der Waals surface area contributed by atoms with Gasteiger partial charge in [-0.05, 0) is 26.8 Å². The predicted octanol–water partition coefficient (Wildman–Crippen LogP) is 3.75. The molecule has 0 aliphatic carbocycles. The zero-order chi connectivity index (χ0) is 18.8. The fourth-order valence-electron chi connectivity index (χ4n) is 3.33. The topological polar surface area (TPSA) is 72.7 Å². The minimum absolute atomic E-state index is 0.0243. The molecule has 0 saturated carbocycles.